The molecule has 1 saturated heterocycles. The molecule has 2 aliphatic rings. The first-order chi connectivity index (χ1) is 14.8. The molecule has 3 amide bonds. The third kappa shape index (κ3) is 5.00. The van der Waals surface area contributed by atoms with Crippen molar-refractivity contribution in [2.45, 2.75) is 0 Å². The van der Waals surface area contributed by atoms with Crippen LogP contribution in [-0.2, 0) is 14.8 Å². The van der Waals surface area contributed by atoms with Crippen molar-refractivity contribution in [1.82, 2.24) is 4.90 Å². The van der Waals surface area contributed by atoms with Gasteiger partial charge in [-0.2, -0.15) is 0 Å². The van der Waals surface area contributed by atoms with Crippen molar-refractivity contribution < 1.29 is 27.5 Å². The average molecular weight is 446 g/mol. The van der Waals surface area contributed by atoms with Crippen LogP contribution >= 0.6 is 0 Å². The number of rotatable bonds is 6. The monoisotopic (exact) mass is 446 g/mol. The van der Waals surface area contributed by atoms with E-state index < -0.39 is 10.0 Å². The number of nitrogens with zero attached hydrogens (tertiary/aromatic N) is 2. The van der Waals surface area contributed by atoms with Gasteiger partial charge in [0.2, 0.25) is 15.9 Å². The van der Waals surface area contributed by atoms with Gasteiger partial charge in [-0.3, -0.25) is 14.4 Å². The van der Waals surface area contributed by atoms with Crippen molar-refractivity contribution in [1.29, 1.82) is 0 Å². The maximum atomic E-state index is 12.8. The number of hydrogen-bond donors (Lipinski definition) is 2. The molecule has 0 radical (unpaired) electrons. The van der Waals surface area contributed by atoms with Gasteiger partial charge in [-0.1, -0.05) is 6.07 Å². The van der Waals surface area contributed by atoms with Gasteiger partial charge in [-0.25, -0.2) is 13.2 Å². The average Bonchev–Trinajstić information content (AvgIpc) is 3.06. The molecular formula is C20H22N4O6S. The van der Waals surface area contributed by atoms with Crippen LogP contribution in [-0.4, -0.2) is 64.4 Å². The van der Waals surface area contributed by atoms with Crippen molar-refractivity contribution in [3.05, 3.63) is 42.5 Å². The number of ether oxygens (including phenoxy) is 2. The lowest BCUT2D eigenvalue weighted by molar-refractivity contribution is -0.116. The zero-order valence-electron chi connectivity index (χ0n) is 16.8. The van der Waals surface area contributed by atoms with Gasteiger partial charge in [0, 0.05) is 30.5 Å². The molecule has 0 unspecified atom stereocenters. The smallest absolute Gasteiger partial charge is 0.325 e. The minimum absolute atomic E-state index is 0.121. The number of hydrogen-bond acceptors (Lipinski definition) is 6. The first-order valence-corrected chi connectivity index (χ1v) is 11.5. The summed E-state index contributed by atoms with van der Waals surface area (Å²) in [6.07, 6.45) is 1.05. The molecule has 10 nitrogen and oxygen atoms in total. The molecule has 0 aromatic heterocycles. The zero-order chi connectivity index (χ0) is 22.0. The highest BCUT2D eigenvalue weighted by atomic mass is 32.2. The Labute approximate surface area is 179 Å². The number of carbonyl (C=O) groups is 2. The molecule has 0 spiro atoms. The molecule has 2 aromatic rings. The minimum atomic E-state index is -3.42. The van der Waals surface area contributed by atoms with Crippen molar-refractivity contribution in [2.75, 3.05) is 54.0 Å². The van der Waals surface area contributed by atoms with E-state index in [-0.39, 0.29) is 18.5 Å². The van der Waals surface area contributed by atoms with Crippen molar-refractivity contribution in [3.63, 3.8) is 0 Å². The molecule has 164 valence electrons. The van der Waals surface area contributed by atoms with E-state index in [0.717, 1.165) is 6.26 Å². The highest BCUT2D eigenvalue weighted by Crippen LogP contribution is 2.35. The summed E-state index contributed by atoms with van der Waals surface area (Å²) in [5.41, 5.74) is 1.44. The molecule has 2 heterocycles. The van der Waals surface area contributed by atoms with Crippen LogP contribution in [0, 0.1) is 0 Å². The van der Waals surface area contributed by atoms with Crippen LogP contribution in [0.2, 0.25) is 0 Å². The number of amides is 3. The van der Waals surface area contributed by atoms with Gasteiger partial charge in [0.05, 0.1) is 11.9 Å². The summed E-state index contributed by atoms with van der Waals surface area (Å²) in [4.78, 5) is 28.3. The Balaban J connectivity index is 1.38. The number of urea groups is 1. The summed E-state index contributed by atoms with van der Waals surface area (Å²) in [7, 11) is -3.42. The molecule has 2 aromatic carbocycles. The highest BCUT2D eigenvalue weighted by Gasteiger charge is 2.31. The Kier molecular flexibility index (Phi) is 5.59. The van der Waals surface area contributed by atoms with E-state index in [9.17, 15) is 18.0 Å². The van der Waals surface area contributed by atoms with Crippen LogP contribution in [0.4, 0.5) is 21.9 Å². The fourth-order valence-corrected chi connectivity index (χ4v) is 3.97. The number of anilines is 3. The third-order valence-electron chi connectivity index (χ3n) is 4.72. The SMILES string of the molecule is CS(=O)(=O)Nc1cccc(NC(=O)CN2CCN(c3ccc4c(c3)OCCO4)C2=O)c1. The molecule has 1 fully saturated rings. The Hall–Kier alpha value is -3.47. The molecule has 11 heteroatoms. The van der Waals surface area contributed by atoms with E-state index in [2.05, 4.69) is 10.0 Å². The summed E-state index contributed by atoms with van der Waals surface area (Å²) in [6, 6.07) is 11.4. The van der Waals surface area contributed by atoms with E-state index in [1.807, 2.05) is 0 Å². The summed E-state index contributed by atoms with van der Waals surface area (Å²) in [5, 5.41) is 2.69. The fourth-order valence-electron chi connectivity index (χ4n) is 3.42. The van der Waals surface area contributed by atoms with Gasteiger partial charge in [-0.15, -0.1) is 0 Å². The van der Waals surface area contributed by atoms with Gasteiger partial charge in [0.25, 0.3) is 0 Å². The first-order valence-electron chi connectivity index (χ1n) is 9.62. The van der Waals surface area contributed by atoms with Gasteiger partial charge in [-0.05, 0) is 30.3 Å². The molecule has 2 N–H and O–H groups in total. The topological polar surface area (TPSA) is 117 Å². The number of fused-ring (bicyclic) bond motifs is 1. The lowest BCUT2D eigenvalue weighted by Crippen LogP contribution is -2.37. The molecule has 0 saturated carbocycles. The molecular weight excluding hydrogens is 424 g/mol. The summed E-state index contributed by atoms with van der Waals surface area (Å²) < 4.78 is 36.2. The highest BCUT2D eigenvalue weighted by molar-refractivity contribution is 7.92. The van der Waals surface area contributed by atoms with Crippen LogP contribution in [0.25, 0.3) is 0 Å². The van der Waals surface area contributed by atoms with Crippen molar-refractivity contribution >= 4 is 39.0 Å². The van der Waals surface area contributed by atoms with E-state index in [4.69, 9.17) is 9.47 Å². The van der Waals surface area contributed by atoms with E-state index >= 15 is 0 Å². The predicted octanol–water partition coefficient (Wildman–Crippen LogP) is 1.71. The molecule has 2 aliphatic heterocycles. The van der Waals surface area contributed by atoms with Crippen LogP contribution in [0.3, 0.4) is 0 Å². The van der Waals surface area contributed by atoms with Crippen molar-refractivity contribution in [2.24, 2.45) is 0 Å². The normalized spacial score (nSPS) is 15.7. The quantitative estimate of drug-likeness (QED) is 0.698. The second-order valence-corrected chi connectivity index (χ2v) is 8.94. The summed E-state index contributed by atoms with van der Waals surface area (Å²) in [6.45, 7) is 1.67. The minimum Gasteiger partial charge on any atom is -0.486 e. The van der Waals surface area contributed by atoms with Crippen molar-refractivity contribution in [3.8, 4) is 11.5 Å². The largest absolute Gasteiger partial charge is 0.486 e. The second kappa shape index (κ2) is 8.34. The van der Waals surface area contributed by atoms with Crippen LogP contribution in [0.5, 0.6) is 11.5 Å². The third-order valence-corrected chi connectivity index (χ3v) is 5.32. The van der Waals surface area contributed by atoms with Gasteiger partial charge in [0.1, 0.15) is 19.8 Å². The molecule has 0 atom stereocenters. The van der Waals surface area contributed by atoms with Gasteiger partial charge >= 0.3 is 6.03 Å². The Morgan fingerprint density at radius 1 is 1.03 bits per heavy atom. The van der Waals surface area contributed by atoms with Crippen LogP contribution in [0.15, 0.2) is 42.5 Å². The maximum absolute atomic E-state index is 12.8. The number of benzene rings is 2. The molecule has 4 rings (SSSR count). The van der Waals surface area contributed by atoms with Gasteiger partial charge < -0.3 is 19.7 Å². The Bertz CT molecular complexity index is 1120. The van der Waals surface area contributed by atoms with Crippen LogP contribution < -0.4 is 24.4 Å². The summed E-state index contributed by atoms with van der Waals surface area (Å²) >= 11 is 0. The zero-order valence-corrected chi connectivity index (χ0v) is 17.6. The summed E-state index contributed by atoms with van der Waals surface area (Å²) in [5.74, 6) is 0.856. The van der Waals surface area contributed by atoms with E-state index in [0.29, 0.717) is 54.9 Å². The van der Waals surface area contributed by atoms with Crippen LogP contribution in [0.1, 0.15) is 0 Å². The fraction of sp³-hybridized carbons (Fsp3) is 0.300. The lowest BCUT2D eigenvalue weighted by atomic mass is 10.2. The number of nitrogens with one attached hydrogen (secondary N) is 2. The lowest BCUT2D eigenvalue weighted by Gasteiger charge is -2.22. The second-order valence-electron chi connectivity index (χ2n) is 7.19. The number of carbonyl (C=O) groups excluding carboxylic acids is 2. The first kappa shape index (κ1) is 20.8. The molecule has 31 heavy (non-hydrogen) atoms. The predicted molar refractivity (Wildman–Crippen MR) is 115 cm³/mol. The molecule has 0 bridgehead atoms. The van der Waals surface area contributed by atoms with E-state index in [1.54, 1.807) is 41.3 Å². The van der Waals surface area contributed by atoms with E-state index in [1.165, 1.54) is 11.0 Å². The number of sulfonamides is 1. The Morgan fingerprint density at radius 2 is 1.77 bits per heavy atom. The maximum Gasteiger partial charge on any atom is 0.325 e. The molecule has 0 aliphatic carbocycles. The Morgan fingerprint density at radius 3 is 2.55 bits per heavy atom. The van der Waals surface area contributed by atoms with Gasteiger partial charge in [0.15, 0.2) is 11.5 Å². The standard InChI is InChI=1S/C20H22N4O6S/c1-31(27,28)22-15-4-2-3-14(11-15)21-19(25)13-23-7-8-24(20(23)26)16-5-6-17-18(12-16)30-10-9-29-17/h2-6,11-12,22H,7-10,13H2,1H3,(H,21,25).